The molecule has 1 saturated heterocycles. The number of hydrogen-bond donors (Lipinski definition) is 1. The second-order valence-corrected chi connectivity index (χ2v) is 6.76. The first kappa shape index (κ1) is 16.3. The van der Waals surface area contributed by atoms with Crippen LogP contribution in [0.1, 0.15) is 32.3 Å². The molecule has 114 valence electrons. The summed E-state index contributed by atoms with van der Waals surface area (Å²) in [7, 11) is 0. The first-order valence-corrected chi connectivity index (χ1v) is 8.18. The fourth-order valence-electron chi connectivity index (χ4n) is 2.76. The van der Waals surface area contributed by atoms with Gasteiger partial charge >= 0.3 is 0 Å². The van der Waals surface area contributed by atoms with E-state index in [2.05, 4.69) is 40.0 Å². The van der Waals surface area contributed by atoms with Gasteiger partial charge in [0.15, 0.2) is 5.82 Å². The number of nitriles is 1. The van der Waals surface area contributed by atoms with Gasteiger partial charge in [-0.2, -0.15) is 5.26 Å². The van der Waals surface area contributed by atoms with Gasteiger partial charge in [-0.1, -0.05) is 13.8 Å². The van der Waals surface area contributed by atoms with Crippen molar-refractivity contribution in [2.75, 3.05) is 24.5 Å². The quantitative estimate of drug-likeness (QED) is 0.877. The van der Waals surface area contributed by atoms with E-state index in [1.54, 1.807) is 12.1 Å². The lowest BCUT2D eigenvalue weighted by molar-refractivity contribution is 0.528. The molecular weight excluding hydrogens is 333 g/mol. The van der Waals surface area contributed by atoms with Gasteiger partial charge in [0.2, 0.25) is 0 Å². The maximum atomic E-state index is 14.6. The summed E-state index contributed by atoms with van der Waals surface area (Å²) in [5.41, 5.74) is 0.906. The third-order valence-electron chi connectivity index (χ3n) is 3.71. The van der Waals surface area contributed by atoms with Gasteiger partial charge in [0, 0.05) is 19.1 Å². The fourth-order valence-corrected chi connectivity index (χ4v) is 3.18. The molecule has 1 aliphatic rings. The van der Waals surface area contributed by atoms with E-state index in [0.29, 0.717) is 23.2 Å². The summed E-state index contributed by atoms with van der Waals surface area (Å²) in [6.07, 6.45) is 2.31. The zero-order valence-corrected chi connectivity index (χ0v) is 14.1. The van der Waals surface area contributed by atoms with Crippen molar-refractivity contribution >= 4 is 21.6 Å². The van der Waals surface area contributed by atoms with E-state index < -0.39 is 0 Å². The van der Waals surface area contributed by atoms with Crippen LogP contribution in [0, 0.1) is 23.1 Å². The number of benzene rings is 1. The van der Waals surface area contributed by atoms with Gasteiger partial charge in [0.25, 0.3) is 0 Å². The maximum absolute atomic E-state index is 14.6. The molecule has 0 saturated carbocycles. The van der Waals surface area contributed by atoms with Crippen LogP contribution in [-0.2, 0) is 0 Å². The molecule has 1 aliphatic heterocycles. The molecule has 5 heteroatoms. The summed E-state index contributed by atoms with van der Waals surface area (Å²) in [5.74, 6) is 0.105. The Morgan fingerprint density at radius 3 is 2.86 bits per heavy atom. The maximum Gasteiger partial charge on any atom is 0.161 e. The second kappa shape index (κ2) is 7.24. The van der Waals surface area contributed by atoms with Crippen LogP contribution in [0.3, 0.4) is 0 Å². The van der Waals surface area contributed by atoms with Crippen molar-refractivity contribution < 1.29 is 4.39 Å². The molecule has 0 spiro atoms. The molecule has 21 heavy (non-hydrogen) atoms. The van der Waals surface area contributed by atoms with Gasteiger partial charge in [-0.3, -0.25) is 0 Å². The highest BCUT2D eigenvalue weighted by Crippen LogP contribution is 2.30. The van der Waals surface area contributed by atoms with E-state index in [0.717, 1.165) is 26.1 Å². The lowest BCUT2D eigenvalue weighted by Gasteiger charge is -2.30. The molecule has 1 unspecified atom stereocenters. The second-order valence-electron chi connectivity index (χ2n) is 5.96. The average Bonchev–Trinajstić information content (AvgIpc) is 2.93. The van der Waals surface area contributed by atoms with Crippen LogP contribution in [0.5, 0.6) is 0 Å². The monoisotopic (exact) mass is 353 g/mol. The fraction of sp³-hybridized carbons (Fsp3) is 0.562. The molecule has 1 N–H and O–H groups in total. The normalized spacial score (nSPS) is 18.0. The topological polar surface area (TPSA) is 39.1 Å². The van der Waals surface area contributed by atoms with Crippen molar-refractivity contribution in [3.63, 3.8) is 0 Å². The standard InChI is InChI=1S/C16H21BrFN3/c1-11(2)9-21(10-13-4-3-7-20-13)14-6-5-12(8-19)15(17)16(14)18/h5-6,11,13,20H,3-4,7,9-10H2,1-2H3. The highest BCUT2D eigenvalue weighted by Gasteiger charge is 2.22. The van der Waals surface area contributed by atoms with Crippen molar-refractivity contribution in [1.82, 2.24) is 5.32 Å². The SMILES string of the molecule is CC(C)CN(CC1CCCN1)c1ccc(C#N)c(Br)c1F. The smallest absolute Gasteiger partial charge is 0.161 e. The van der Waals surface area contributed by atoms with Crippen LogP contribution in [0.2, 0.25) is 0 Å². The van der Waals surface area contributed by atoms with E-state index in [1.165, 1.54) is 6.42 Å². The van der Waals surface area contributed by atoms with Crippen LogP contribution in [0.25, 0.3) is 0 Å². The summed E-state index contributed by atoms with van der Waals surface area (Å²) in [4.78, 5) is 2.09. The molecule has 1 aromatic carbocycles. The molecule has 0 radical (unpaired) electrons. The molecule has 1 atom stereocenters. The Balaban J connectivity index is 2.27. The highest BCUT2D eigenvalue weighted by molar-refractivity contribution is 9.10. The molecule has 1 aromatic rings. The highest BCUT2D eigenvalue weighted by atomic mass is 79.9. The van der Waals surface area contributed by atoms with E-state index in [-0.39, 0.29) is 10.3 Å². The summed E-state index contributed by atoms with van der Waals surface area (Å²) in [6, 6.07) is 5.81. The third kappa shape index (κ3) is 3.96. The number of halogens is 2. The Kier molecular flexibility index (Phi) is 5.60. The minimum Gasteiger partial charge on any atom is -0.367 e. The Morgan fingerprint density at radius 1 is 1.52 bits per heavy atom. The van der Waals surface area contributed by atoms with Crippen LogP contribution < -0.4 is 10.2 Å². The Bertz CT molecular complexity index is 533. The van der Waals surface area contributed by atoms with Crippen molar-refractivity contribution in [1.29, 1.82) is 5.26 Å². The molecule has 1 fully saturated rings. The Labute approximate surface area is 134 Å². The van der Waals surface area contributed by atoms with Gasteiger partial charge < -0.3 is 10.2 Å². The zero-order chi connectivity index (χ0) is 15.4. The predicted molar refractivity (Wildman–Crippen MR) is 86.9 cm³/mol. The van der Waals surface area contributed by atoms with Gasteiger partial charge in [-0.25, -0.2) is 4.39 Å². The van der Waals surface area contributed by atoms with E-state index in [4.69, 9.17) is 5.26 Å². The largest absolute Gasteiger partial charge is 0.367 e. The third-order valence-corrected chi connectivity index (χ3v) is 4.49. The Morgan fingerprint density at radius 2 is 2.29 bits per heavy atom. The number of rotatable bonds is 5. The molecular formula is C16H21BrFN3. The van der Waals surface area contributed by atoms with Crippen LogP contribution in [0.15, 0.2) is 16.6 Å². The summed E-state index contributed by atoms with van der Waals surface area (Å²) >= 11 is 3.20. The van der Waals surface area contributed by atoms with Crippen LogP contribution >= 0.6 is 15.9 Å². The van der Waals surface area contributed by atoms with E-state index in [9.17, 15) is 4.39 Å². The molecule has 0 aromatic heterocycles. The van der Waals surface area contributed by atoms with Gasteiger partial charge in [0.05, 0.1) is 15.7 Å². The average molecular weight is 354 g/mol. The first-order chi connectivity index (χ1) is 10.0. The van der Waals surface area contributed by atoms with Crippen molar-refractivity contribution in [3.05, 3.63) is 28.0 Å². The first-order valence-electron chi connectivity index (χ1n) is 7.39. The molecule has 0 aliphatic carbocycles. The number of nitrogens with zero attached hydrogens (tertiary/aromatic N) is 2. The minimum absolute atomic E-state index is 0.260. The van der Waals surface area contributed by atoms with Crippen LogP contribution in [-0.4, -0.2) is 25.7 Å². The molecule has 0 amide bonds. The van der Waals surface area contributed by atoms with E-state index in [1.807, 2.05) is 6.07 Å². The van der Waals surface area contributed by atoms with Crippen molar-refractivity contribution in [3.8, 4) is 6.07 Å². The lowest BCUT2D eigenvalue weighted by Crippen LogP contribution is -2.40. The van der Waals surface area contributed by atoms with Crippen molar-refractivity contribution in [2.24, 2.45) is 5.92 Å². The number of hydrogen-bond acceptors (Lipinski definition) is 3. The molecule has 2 rings (SSSR count). The van der Waals surface area contributed by atoms with Gasteiger partial charge in [-0.05, 0) is 53.4 Å². The number of nitrogens with one attached hydrogen (secondary N) is 1. The lowest BCUT2D eigenvalue weighted by atomic mass is 10.1. The molecule has 0 bridgehead atoms. The summed E-state index contributed by atoms with van der Waals surface area (Å²) in [5, 5.41) is 12.4. The summed E-state index contributed by atoms with van der Waals surface area (Å²) in [6.45, 7) is 6.90. The minimum atomic E-state index is -0.340. The molecule has 3 nitrogen and oxygen atoms in total. The van der Waals surface area contributed by atoms with E-state index >= 15 is 0 Å². The molecule has 1 heterocycles. The van der Waals surface area contributed by atoms with Gasteiger partial charge in [-0.15, -0.1) is 0 Å². The number of anilines is 1. The predicted octanol–water partition coefficient (Wildman–Crippen LogP) is 3.67. The Hall–Kier alpha value is -1.12. The summed E-state index contributed by atoms with van der Waals surface area (Å²) < 4.78 is 14.8. The van der Waals surface area contributed by atoms with Crippen molar-refractivity contribution in [2.45, 2.75) is 32.7 Å². The van der Waals surface area contributed by atoms with Gasteiger partial charge in [0.1, 0.15) is 6.07 Å². The van der Waals surface area contributed by atoms with Crippen LogP contribution in [0.4, 0.5) is 10.1 Å². The zero-order valence-electron chi connectivity index (χ0n) is 12.5.